The number of anilines is 1. The number of halogens is 1. The molecule has 2 aromatic carbocycles. The highest BCUT2D eigenvalue weighted by molar-refractivity contribution is 7.89. The van der Waals surface area contributed by atoms with Gasteiger partial charge in [0.15, 0.2) is 0 Å². The number of hydrogen-bond acceptors (Lipinski definition) is 5. The molecule has 0 heterocycles. The summed E-state index contributed by atoms with van der Waals surface area (Å²) in [7, 11) is -0.593. The number of nitrogens with zero attached hydrogens (tertiary/aromatic N) is 1. The Morgan fingerprint density at radius 2 is 1.67 bits per heavy atom. The zero-order chi connectivity index (χ0) is 22.3. The van der Waals surface area contributed by atoms with Gasteiger partial charge in [-0.1, -0.05) is 25.4 Å². The maximum absolute atomic E-state index is 12.7. The van der Waals surface area contributed by atoms with E-state index in [0.717, 1.165) is 0 Å². The van der Waals surface area contributed by atoms with Crippen molar-refractivity contribution >= 4 is 39.3 Å². The van der Waals surface area contributed by atoms with Crippen molar-refractivity contribution in [2.45, 2.75) is 18.7 Å². The lowest BCUT2D eigenvalue weighted by molar-refractivity contribution is -0.111. The second-order valence-corrected chi connectivity index (χ2v) is 8.54. The van der Waals surface area contributed by atoms with Crippen LogP contribution in [0.15, 0.2) is 47.4 Å². The lowest BCUT2D eigenvalue weighted by Crippen LogP contribution is -2.30. The summed E-state index contributed by atoms with van der Waals surface area (Å²) in [5, 5.41) is 2.86. The Bertz CT molecular complexity index is 1010. The number of methoxy groups -OCH3 is 2. The van der Waals surface area contributed by atoms with Crippen molar-refractivity contribution in [2.75, 3.05) is 32.6 Å². The Balaban J connectivity index is 2.24. The molecule has 0 aliphatic rings. The highest BCUT2D eigenvalue weighted by atomic mass is 35.5. The zero-order valence-electron chi connectivity index (χ0n) is 17.3. The summed E-state index contributed by atoms with van der Waals surface area (Å²) in [4.78, 5) is 12.4. The Labute approximate surface area is 182 Å². The van der Waals surface area contributed by atoms with E-state index in [1.54, 1.807) is 38.1 Å². The smallest absolute Gasteiger partial charge is 0.248 e. The predicted octanol–water partition coefficient (Wildman–Crippen LogP) is 4.04. The molecular weight excluding hydrogens is 428 g/mol. The number of carbonyl (C=O) groups excluding carboxylic acids is 1. The Kier molecular flexibility index (Phi) is 8.28. The second-order valence-electron chi connectivity index (χ2n) is 6.20. The first kappa shape index (κ1) is 23.7. The molecule has 0 spiro atoms. The molecule has 0 fully saturated rings. The van der Waals surface area contributed by atoms with E-state index < -0.39 is 15.9 Å². The first-order chi connectivity index (χ1) is 14.2. The van der Waals surface area contributed by atoms with Crippen LogP contribution in [0.3, 0.4) is 0 Å². The molecule has 162 valence electrons. The standard InChI is InChI=1S/C21H25ClN2O5S/c1-5-24(6-2)30(26,27)18-8-9-19(22)20(14-18)23-21(25)10-7-15-11-16(28-3)13-17(12-15)29-4/h7-14H,5-6H2,1-4H3,(H,23,25)/b10-7+. The Morgan fingerprint density at radius 3 is 2.20 bits per heavy atom. The van der Waals surface area contributed by atoms with Gasteiger partial charge in [0.2, 0.25) is 15.9 Å². The average molecular weight is 453 g/mol. The molecule has 30 heavy (non-hydrogen) atoms. The van der Waals surface area contributed by atoms with Gasteiger partial charge in [0, 0.05) is 25.2 Å². The van der Waals surface area contributed by atoms with E-state index in [1.807, 2.05) is 0 Å². The van der Waals surface area contributed by atoms with Gasteiger partial charge in [0.1, 0.15) is 11.5 Å². The minimum Gasteiger partial charge on any atom is -0.497 e. The number of amides is 1. The molecule has 0 saturated heterocycles. The fourth-order valence-electron chi connectivity index (χ4n) is 2.75. The average Bonchev–Trinajstić information content (AvgIpc) is 2.74. The van der Waals surface area contributed by atoms with Crippen LogP contribution < -0.4 is 14.8 Å². The van der Waals surface area contributed by atoms with E-state index in [4.69, 9.17) is 21.1 Å². The van der Waals surface area contributed by atoms with Crippen LogP contribution in [0.4, 0.5) is 5.69 Å². The minimum absolute atomic E-state index is 0.0624. The van der Waals surface area contributed by atoms with Gasteiger partial charge in [-0.3, -0.25) is 4.79 Å². The largest absolute Gasteiger partial charge is 0.497 e. The molecule has 0 atom stereocenters. The van der Waals surface area contributed by atoms with Gasteiger partial charge in [-0.15, -0.1) is 0 Å². The summed E-state index contributed by atoms with van der Waals surface area (Å²) >= 11 is 6.15. The van der Waals surface area contributed by atoms with Crippen molar-refractivity contribution in [3.63, 3.8) is 0 Å². The molecule has 2 aromatic rings. The molecule has 1 amide bonds. The SMILES string of the molecule is CCN(CC)S(=O)(=O)c1ccc(Cl)c(NC(=O)/C=C/c2cc(OC)cc(OC)c2)c1. The fraction of sp³-hybridized carbons (Fsp3) is 0.286. The summed E-state index contributed by atoms with van der Waals surface area (Å²) in [6.07, 6.45) is 2.90. The van der Waals surface area contributed by atoms with Crippen LogP contribution in [0.2, 0.25) is 5.02 Å². The molecule has 0 aromatic heterocycles. The number of hydrogen-bond donors (Lipinski definition) is 1. The van der Waals surface area contributed by atoms with Crippen LogP contribution in [0.5, 0.6) is 11.5 Å². The summed E-state index contributed by atoms with van der Waals surface area (Å²) in [5.41, 5.74) is 0.910. The topological polar surface area (TPSA) is 84.9 Å². The summed E-state index contributed by atoms with van der Waals surface area (Å²) in [6.45, 7) is 4.21. The normalized spacial score (nSPS) is 11.7. The van der Waals surface area contributed by atoms with Crippen molar-refractivity contribution < 1.29 is 22.7 Å². The third-order valence-corrected chi connectivity index (χ3v) is 6.72. The Morgan fingerprint density at radius 1 is 1.07 bits per heavy atom. The van der Waals surface area contributed by atoms with Gasteiger partial charge in [-0.05, 0) is 42.0 Å². The van der Waals surface area contributed by atoms with Gasteiger partial charge in [0.25, 0.3) is 0 Å². The molecule has 0 aliphatic heterocycles. The number of sulfonamides is 1. The van der Waals surface area contributed by atoms with E-state index in [-0.39, 0.29) is 15.6 Å². The maximum atomic E-state index is 12.7. The lowest BCUT2D eigenvalue weighted by Gasteiger charge is -2.19. The van der Waals surface area contributed by atoms with E-state index in [0.29, 0.717) is 30.2 Å². The van der Waals surface area contributed by atoms with E-state index >= 15 is 0 Å². The molecule has 0 aliphatic carbocycles. The van der Waals surface area contributed by atoms with E-state index in [1.165, 1.54) is 42.8 Å². The third kappa shape index (κ3) is 5.75. The van der Waals surface area contributed by atoms with Gasteiger partial charge < -0.3 is 14.8 Å². The first-order valence-electron chi connectivity index (χ1n) is 9.27. The molecule has 0 unspecified atom stereocenters. The van der Waals surface area contributed by atoms with Crippen molar-refractivity contribution in [1.29, 1.82) is 0 Å². The van der Waals surface area contributed by atoms with Crippen molar-refractivity contribution in [1.82, 2.24) is 4.31 Å². The van der Waals surface area contributed by atoms with Gasteiger partial charge in [-0.25, -0.2) is 8.42 Å². The molecule has 9 heteroatoms. The fourth-order valence-corrected chi connectivity index (χ4v) is 4.39. The van der Waals surface area contributed by atoms with Gasteiger partial charge in [-0.2, -0.15) is 4.31 Å². The van der Waals surface area contributed by atoms with Crippen molar-refractivity contribution in [3.8, 4) is 11.5 Å². The number of rotatable bonds is 9. The molecule has 0 bridgehead atoms. The maximum Gasteiger partial charge on any atom is 0.248 e. The summed E-state index contributed by atoms with van der Waals surface area (Å²) in [6, 6.07) is 9.44. The van der Waals surface area contributed by atoms with Crippen LogP contribution in [0.25, 0.3) is 6.08 Å². The predicted molar refractivity (Wildman–Crippen MR) is 119 cm³/mol. The van der Waals surface area contributed by atoms with Crippen LogP contribution in [0.1, 0.15) is 19.4 Å². The second kappa shape index (κ2) is 10.5. The summed E-state index contributed by atoms with van der Waals surface area (Å²) in [5.74, 6) is 0.717. The highest BCUT2D eigenvalue weighted by Crippen LogP contribution is 2.27. The molecule has 2 rings (SSSR count). The van der Waals surface area contributed by atoms with E-state index in [9.17, 15) is 13.2 Å². The molecule has 7 nitrogen and oxygen atoms in total. The molecule has 0 saturated carbocycles. The molecule has 1 N–H and O–H groups in total. The van der Waals surface area contributed by atoms with Crippen LogP contribution in [-0.2, 0) is 14.8 Å². The van der Waals surface area contributed by atoms with E-state index in [2.05, 4.69) is 5.32 Å². The number of nitrogens with one attached hydrogen (secondary N) is 1. The van der Waals surface area contributed by atoms with Crippen LogP contribution in [-0.4, -0.2) is 45.9 Å². The quantitative estimate of drug-likeness (QED) is 0.580. The number of ether oxygens (including phenoxy) is 2. The monoisotopic (exact) mass is 452 g/mol. The first-order valence-corrected chi connectivity index (χ1v) is 11.1. The lowest BCUT2D eigenvalue weighted by atomic mass is 10.2. The zero-order valence-corrected chi connectivity index (χ0v) is 18.9. The van der Waals surface area contributed by atoms with Crippen LogP contribution in [0, 0.1) is 0 Å². The van der Waals surface area contributed by atoms with Gasteiger partial charge >= 0.3 is 0 Å². The van der Waals surface area contributed by atoms with Gasteiger partial charge in [0.05, 0.1) is 29.8 Å². The molecular formula is C21H25ClN2O5S. The highest BCUT2D eigenvalue weighted by Gasteiger charge is 2.22. The third-order valence-electron chi connectivity index (χ3n) is 4.34. The van der Waals surface area contributed by atoms with Crippen LogP contribution >= 0.6 is 11.6 Å². The molecule has 0 radical (unpaired) electrons. The minimum atomic E-state index is -3.67. The van der Waals surface area contributed by atoms with Crippen molar-refractivity contribution in [3.05, 3.63) is 53.1 Å². The number of benzene rings is 2. The van der Waals surface area contributed by atoms with Crippen molar-refractivity contribution in [2.24, 2.45) is 0 Å². The summed E-state index contributed by atoms with van der Waals surface area (Å²) < 4.78 is 37.2. The Hall–Kier alpha value is -2.55. The number of carbonyl (C=O) groups is 1.